The van der Waals surface area contributed by atoms with E-state index in [-0.39, 0.29) is 5.91 Å². The standard InChI is InChI=1S/C20H22F3N3O4S/c21-20(22,23)31(28,29)25-11-14-2-1-9-26(14)19(27)16-7-8-24-18-6-5-15(10-17(16)18)30-12-13-3-4-13/h5-8,10,13-14,25H,1-4,9,11-12H2/t14-/m0/s1. The minimum Gasteiger partial charge on any atom is -0.493 e. The van der Waals surface area contributed by atoms with Crippen LogP contribution in [0.15, 0.2) is 30.5 Å². The zero-order valence-corrected chi connectivity index (χ0v) is 17.4. The number of alkyl halides is 3. The monoisotopic (exact) mass is 457 g/mol. The van der Waals surface area contributed by atoms with Gasteiger partial charge in [0.1, 0.15) is 5.75 Å². The first-order valence-electron chi connectivity index (χ1n) is 10.0. The van der Waals surface area contributed by atoms with Crippen molar-refractivity contribution in [2.75, 3.05) is 19.7 Å². The number of ether oxygens (including phenoxy) is 1. The summed E-state index contributed by atoms with van der Waals surface area (Å²) in [5.74, 6) is 0.814. The van der Waals surface area contributed by atoms with Crippen LogP contribution < -0.4 is 9.46 Å². The van der Waals surface area contributed by atoms with Crippen molar-refractivity contribution in [2.24, 2.45) is 5.92 Å². The largest absolute Gasteiger partial charge is 0.511 e. The summed E-state index contributed by atoms with van der Waals surface area (Å²) in [5.41, 5.74) is -4.44. The van der Waals surface area contributed by atoms with Gasteiger partial charge in [-0.1, -0.05) is 0 Å². The first-order valence-corrected chi connectivity index (χ1v) is 11.5. The number of nitrogens with zero attached hydrogens (tertiary/aromatic N) is 2. The number of pyridine rings is 1. The van der Waals surface area contributed by atoms with Crippen molar-refractivity contribution in [3.8, 4) is 5.75 Å². The Bertz CT molecular complexity index is 1090. The Morgan fingerprint density at radius 3 is 2.71 bits per heavy atom. The van der Waals surface area contributed by atoms with Gasteiger partial charge in [-0.3, -0.25) is 9.78 Å². The van der Waals surface area contributed by atoms with E-state index in [0.717, 1.165) is 12.8 Å². The topological polar surface area (TPSA) is 88.6 Å². The normalized spacial score (nSPS) is 19.7. The Morgan fingerprint density at radius 1 is 1.23 bits per heavy atom. The van der Waals surface area contributed by atoms with E-state index in [0.29, 0.717) is 54.1 Å². The number of carbonyl (C=O) groups excluding carboxylic acids is 1. The molecule has 1 amide bonds. The Hall–Kier alpha value is -2.40. The van der Waals surface area contributed by atoms with E-state index in [1.54, 1.807) is 29.0 Å². The van der Waals surface area contributed by atoms with Crippen molar-refractivity contribution in [1.82, 2.24) is 14.6 Å². The highest BCUT2D eigenvalue weighted by Gasteiger charge is 2.46. The van der Waals surface area contributed by atoms with Crippen molar-refractivity contribution in [3.63, 3.8) is 0 Å². The lowest BCUT2D eigenvalue weighted by Gasteiger charge is -2.25. The molecular weight excluding hydrogens is 435 g/mol. The molecule has 1 aliphatic heterocycles. The highest BCUT2D eigenvalue weighted by atomic mass is 32.2. The maximum atomic E-state index is 13.2. The maximum Gasteiger partial charge on any atom is 0.511 e. The Kier molecular flexibility index (Phi) is 5.82. The van der Waals surface area contributed by atoms with E-state index in [1.807, 2.05) is 0 Å². The van der Waals surface area contributed by atoms with Gasteiger partial charge in [0.15, 0.2) is 0 Å². The van der Waals surface area contributed by atoms with Crippen LogP contribution in [0.25, 0.3) is 10.9 Å². The van der Waals surface area contributed by atoms with Crippen LogP contribution >= 0.6 is 0 Å². The Morgan fingerprint density at radius 2 is 2.00 bits per heavy atom. The fourth-order valence-electron chi connectivity index (χ4n) is 3.66. The zero-order chi connectivity index (χ0) is 22.2. The van der Waals surface area contributed by atoms with E-state index in [9.17, 15) is 26.4 Å². The predicted molar refractivity (Wildman–Crippen MR) is 107 cm³/mol. The average molecular weight is 457 g/mol. The number of hydrogen-bond donors (Lipinski definition) is 1. The van der Waals surface area contributed by atoms with Crippen molar-refractivity contribution < 1.29 is 31.1 Å². The highest BCUT2D eigenvalue weighted by molar-refractivity contribution is 7.90. The molecule has 2 aliphatic rings. The molecule has 1 aromatic heterocycles. The van der Waals surface area contributed by atoms with Crippen LogP contribution in [-0.2, 0) is 10.0 Å². The van der Waals surface area contributed by atoms with Crippen LogP contribution in [-0.4, -0.2) is 55.5 Å². The lowest BCUT2D eigenvalue weighted by molar-refractivity contribution is -0.0448. The van der Waals surface area contributed by atoms with E-state index >= 15 is 0 Å². The van der Waals surface area contributed by atoms with Gasteiger partial charge >= 0.3 is 15.5 Å². The van der Waals surface area contributed by atoms with Gasteiger partial charge in [-0.25, -0.2) is 13.1 Å². The van der Waals surface area contributed by atoms with Gasteiger partial charge in [0.05, 0.1) is 17.7 Å². The van der Waals surface area contributed by atoms with E-state index < -0.39 is 28.1 Å². The van der Waals surface area contributed by atoms with Crippen molar-refractivity contribution in [2.45, 2.75) is 37.2 Å². The van der Waals surface area contributed by atoms with Crippen LogP contribution in [0, 0.1) is 5.92 Å². The summed E-state index contributed by atoms with van der Waals surface area (Å²) >= 11 is 0. The molecule has 2 heterocycles. The van der Waals surface area contributed by atoms with E-state index in [4.69, 9.17) is 4.74 Å². The summed E-state index contributed by atoms with van der Waals surface area (Å²) in [6.07, 6.45) is 4.77. The summed E-state index contributed by atoms with van der Waals surface area (Å²) < 4.78 is 67.8. The minimum atomic E-state index is -5.46. The van der Waals surface area contributed by atoms with Crippen LogP contribution in [0.3, 0.4) is 0 Å². The van der Waals surface area contributed by atoms with E-state index in [2.05, 4.69) is 4.98 Å². The van der Waals surface area contributed by atoms with Crippen molar-refractivity contribution >= 4 is 26.8 Å². The zero-order valence-electron chi connectivity index (χ0n) is 16.6. The molecule has 0 bridgehead atoms. The van der Waals surface area contributed by atoms with Gasteiger partial charge in [-0.2, -0.15) is 13.2 Å². The molecule has 1 aliphatic carbocycles. The van der Waals surface area contributed by atoms with Crippen LogP contribution in [0.5, 0.6) is 5.75 Å². The summed E-state index contributed by atoms with van der Waals surface area (Å²) in [6, 6.07) is 6.19. The average Bonchev–Trinajstić information content (AvgIpc) is 3.44. The molecule has 7 nitrogen and oxygen atoms in total. The summed E-state index contributed by atoms with van der Waals surface area (Å²) in [6.45, 7) is 0.452. The number of sulfonamides is 1. The van der Waals surface area contributed by atoms with E-state index in [1.165, 1.54) is 11.1 Å². The number of hydrogen-bond acceptors (Lipinski definition) is 5. The van der Waals surface area contributed by atoms with Crippen LogP contribution in [0.2, 0.25) is 0 Å². The number of nitrogens with one attached hydrogen (secondary N) is 1. The number of fused-ring (bicyclic) bond motifs is 1. The number of likely N-dealkylation sites (tertiary alicyclic amines) is 1. The molecule has 168 valence electrons. The maximum absolute atomic E-state index is 13.2. The summed E-state index contributed by atoms with van der Waals surface area (Å²) in [4.78, 5) is 18.9. The third-order valence-corrected chi connectivity index (χ3v) is 6.73. The summed E-state index contributed by atoms with van der Waals surface area (Å²) in [5, 5.41) is 0.585. The second-order valence-corrected chi connectivity index (χ2v) is 9.64. The Balaban J connectivity index is 1.54. The first-order chi connectivity index (χ1) is 14.7. The molecular formula is C20H22F3N3O4S. The smallest absolute Gasteiger partial charge is 0.493 e. The lowest BCUT2D eigenvalue weighted by Crippen LogP contribution is -2.46. The fourth-order valence-corrected chi connectivity index (χ4v) is 4.23. The molecule has 1 atom stereocenters. The van der Waals surface area contributed by atoms with Gasteiger partial charge in [0.2, 0.25) is 0 Å². The number of rotatable bonds is 7. The fraction of sp³-hybridized carbons (Fsp3) is 0.500. The number of aromatic nitrogens is 1. The highest BCUT2D eigenvalue weighted by Crippen LogP contribution is 2.31. The van der Waals surface area contributed by atoms with Gasteiger partial charge in [0, 0.05) is 30.7 Å². The Labute approximate surface area is 177 Å². The molecule has 0 unspecified atom stereocenters. The second-order valence-electron chi connectivity index (χ2n) is 7.88. The third-order valence-electron chi connectivity index (χ3n) is 5.58. The molecule has 0 radical (unpaired) electrons. The molecule has 1 N–H and O–H groups in total. The van der Waals surface area contributed by atoms with Crippen LogP contribution in [0.4, 0.5) is 13.2 Å². The number of benzene rings is 1. The molecule has 1 aromatic carbocycles. The number of amides is 1. The molecule has 31 heavy (non-hydrogen) atoms. The van der Waals surface area contributed by atoms with Gasteiger partial charge in [-0.15, -0.1) is 0 Å². The molecule has 2 fully saturated rings. The first kappa shape index (κ1) is 21.8. The molecule has 11 heteroatoms. The van der Waals surface area contributed by atoms with Gasteiger partial charge in [0.25, 0.3) is 5.91 Å². The van der Waals surface area contributed by atoms with Gasteiger partial charge < -0.3 is 9.64 Å². The minimum absolute atomic E-state index is 0.332. The number of carbonyl (C=O) groups is 1. The molecule has 1 saturated heterocycles. The molecule has 0 spiro atoms. The third kappa shape index (κ3) is 4.77. The SMILES string of the molecule is O=C(c1ccnc2ccc(OCC3CC3)cc12)N1CCC[C@H]1CNS(=O)(=O)C(F)(F)F. The lowest BCUT2D eigenvalue weighted by atomic mass is 10.1. The second kappa shape index (κ2) is 8.27. The quantitative estimate of drug-likeness (QED) is 0.691. The van der Waals surface area contributed by atoms with Crippen molar-refractivity contribution in [1.29, 1.82) is 0 Å². The molecule has 4 rings (SSSR count). The molecule has 2 aromatic rings. The van der Waals surface area contributed by atoms with Crippen LogP contribution in [0.1, 0.15) is 36.0 Å². The van der Waals surface area contributed by atoms with Crippen molar-refractivity contribution in [3.05, 3.63) is 36.0 Å². The van der Waals surface area contributed by atoms with Gasteiger partial charge in [-0.05, 0) is 55.9 Å². The molecule has 1 saturated carbocycles. The summed E-state index contributed by atoms with van der Waals surface area (Å²) in [7, 11) is -5.46. The predicted octanol–water partition coefficient (Wildman–Crippen LogP) is 3.07. The number of halogens is 3.